The molecule has 68 valence electrons. The summed E-state index contributed by atoms with van der Waals surface area (Å²) in [5.74, 6) is -11.0. The Hall–Kier alpha value is -0.490. The summed E-state index contributed by atoms with van der Waals surface area (Å²) < 4.78 is 79.5. The van der Waals surface area contributed by atoms with Crippen LogP contribution in [0.3, 0.4) is 0 Å². The van der Waals surface area contributed by atoms with Gasteiger partial charge in [-0.1, -0.05) is 0 Å². The van der Waals surface area contributed by atoms with Crippen LogP contribution in [0.5, 0.6) is 0 Å². The summed E-state index contributed by atoms with van der Waals surface area (Å²) in [6.07, 6.45) is -6.20. The first-order valence-corrected chi connectivity index (χ1v) is 2.32. The van der Waals surface area contributed by atoms with Gasteiger partial charge < -0.3 is 0 Å². The Labute approximate surface area is 57.0 Å². The second-order valence-electron chi connectivity index (χ2n) is 1.96. The van der Waals surface area contributed by atoms with Crippen molar-refractivity contribution >= 4 is 0 Å². The van der Waals surface area contributed by atoms with Crippen LogP contribution >= 0.6 is 0 Å². The summed E-state index contributed by atoms with van der Waals surface area (Å²) in [6.45, 7) is -0.486. The van der Waals surface area contributed by atoms with E-state index in [1.54, 1.807) is 0 Å². The highest BCUT2D eigenvalue weighted by atomic mass is 19.4. The van der Waals surface area contributed by atoms with Crippen molar-refractivity contribution in [3.63, 3.8) is 0 Å². The van der Waals surface area contributed by atoms with Crippen molar-refractivity contribution in [2.45, 2.75) is 24.9 Å². The quantitative estimate of drug-likeness (QED) is 0.549. The lowest BCUT2D eigenvalue weighted by Crippen LogP contribution is -2.50. The van der Waals surface area contributed by atoms with E-state index in [0.29, 0.717) is 0 Å². The molecule has 7 heteroatoms. The van der Waals surface area contributed by atoms with Crippen LogP contribution in [0.4, 0.5) is 30.7 Å². The first-order chi connectivity index (χ1) is 4.50. The lowest BCUT2D eigenvalue weighted by Gasteiger charge is -2.24. The highest BCUT2D eigenvalue weighted by Gasteiger charge is 2.70. The zero-order valence-electron chi connectivity index (χ0n) is 5.15. The van der Waals surface area contributed by atoms with E-state index in [9.17, 15) is 30.7 Å². The molecule has 0 aliphatic carbocycles. The molecular formula is C4H3F7. The van der Waals surface area contributed by atoms with Crippen LogP contribution in [-0.4, -0.2) is 18.0 Å². The Morgan fingerprint density at radius 2 is 1.00 bits per heavy atom. The second kappa shape index (κ2) is 2.25. The molecule has 0 radical (unpaired) electrons. The zero-order chi connectivity index (χ0) is 9.50. The summed E-state index contributed by atoms with van der Waals surface area (Å²) in [5, 5.41) is 0. The van der Waals surface area contributed by atoms with Crippen LogP contribution in [0.25, 0.3) is 0 Å². The third-order valence-corrected chi connectivity index (χ3v) is 0.907. The number of rotatable bonds is 1. The predicted octanol–water partition coefficient (Wildman–Crippen LogP) is 2.84. The zero-order valence-corrected chi connectivity index (χ0v) is 5.15. The SMILES string of the molecule is CC(F)(F)C(F)(F)C(F)(F)F. The first-order valence-electron chi connectivity index (χ1n) is 2.32. The molecule has 0 spiro atoms. The van der Waals surface area contributed by atoms with E-state index < -0.39 is 24.9 Å². The van der Waals surface area contributed by atoms with Crippen LogP contribution in [0, 0.1) is 0 Å². The fourth-order valence-corrected chi connectivity index (χ4v) is 0.249. The molecule has 0 unspecified atom stereocenters. The average Bonchev–Trinajstić information content (AvgIpc) is 1.58. The number of hydrogen-bond donors (Lipinski definition) is 0. The number of alkyl halides is 7. The Morgan fingerprint density at radius 3 is 1.00 bits per heavy atom. The van der Waals surface area contributed by atoms with Crippen LogP contribution < -0.4 is 0 Å². The summed E-state index contributed by atoms with van der Waals surface area (Å²) in [6, 6.07) is 0. The molecule has 0 heterocycles. The molecule has 11 heavy (non-hydrogen) atoms. The van der Waals surface area contributed by atoms with Crippen molar-refractivity contribution in [2.75, 3.05) is 0 Å². The van der Waals surface area contributed by atoms with Crippen molar-refractivity contribution in [3.8, 4) is 0 Å². The highest BCUT2D eigenvalue weighted by Crippen LogP contribution is 2.45. The molecule has 0 N–H and O–H groups in total. The van der Waals surface area contributed by atoms with E-state index >= 15 is 0 Å². The summed E-state index contributed by atoms with van der Waals surface area (Å²) >= 11 is 0. The molecule has 0 saturated carbocycles. The van der Waals surface area contributed by atoms with Gasteiger partial charge in [0, 0.05) is 6.92 Å². The molecule has 0 amide bonds. The van der Waals surface area contributed by atoms with Gasteiger partial charge in [0.1, 0.15) is 0 Å². The molecule has 0 aromatic heterocycles. The number of hydrogen-bond acceptors (Lipinski definition) is 0. The monoisotopic (exact) mass is 184 g/mol. The van der Waals surface area contributed by atoms with Gasteiger partial charge in [0.2, 0.25) is 0 Å². The van der Waals surface area contributed by atoms with Gasteiger partial charge in [-0.25, -0.2) is 0 Å². The molecule has 0 rings (SSSR count). The molecule has 0 saturated heterocycles. The minimum atomic E-state index is -6.20. The Morgan fingerprint density at radius 1 is 0.727 bits per heavy atom. The Kier molecular flexibility index (Phi) is 2.15. The fourth-order valence-electron chi connectivity index (χ4n) is 0.249. The van der Waals surface area contributed by atoms with Gasteiger partial charge in [-0.3, -0.25) is 0 Å². The summed E-state index contributed by atoms with van der Waals surface area (Å²) in [4.78, 5) is 0. The van der Waals surface area contributed by atoms with Crippen molar-refractivity contribution in [3.05, 3.63) is 0 Å². The molecular weight excluding hydrogens is 181 g/mol. The van der Waals surface area contributed by atoms with E-state index in [1.807, 2.05) is 0 Å². The van der Waals surface area contributed by atoms with Crippen molar-refractivity contribution in [1.29, 1.82) is 0 Å². The topological polar surface area (TPSA) is 0 Å². The minimum absolute atomic E-state index is 0.486. The van der Waals surface area contributed by atoms with Crippen molar-refractivity contribution in [2.24, 2.45) is 0 Å². The third-order valence-electron chi connectivity index (χ3n) is 0.907. The minimum Gasteiger partial charge on any atom is -0.200 e. The second-order valence-corrected chi connectivity index (χ2v) is 1.96. The van der Waals surface area contributed by atoms with Crippen molar-refractivity contribution in [1.82, 2.24) is 0 Å². The average molecular weight is 184 g/mol. The smallest absolute Gasteiger partial charge is 0.200 e. The molecule has 0 aromatic carbocycles. The van der Waals surface area contributed by atoms with Gasteiger partial charge in [0.05, 0.1) is 0 Å². The molecule has 0 fully saturated rings. The van der Waals surface area contributed by atoms with E-state index in [1.165, 1.54) is 0 Å². The Bertz CT molecular complexity index is 122. The predicted molar refractivity (Wildman–Crippen MR) is 21.6 cm³/mol. The van der Waals surface area contributed by atoms with E-state index in [0.717, 1.165) is 0 Å². The first kappa shape index (κ1) is 10.5. The standard InChI is InChI=1S/C4H3F7/c1-2(5,6)3(7,8)4(9,10)11/h1H3. The van der Waals surface area contributed by atoms with Crippen LogP contribution in [0.2, 0.25) is 0 Å². The van der Waals surface area contributed by atoms with Gasteiger partial charge in [-0.05, 0) is 0 Å². The van der Waals surface area contributed by atoms with Gasteiger partial charge in [0.25, 0.3) is 0 Å². The lowest BCUT2D eigenvalue weighted by molar-refractivity contribution is -0.349. The fraction of sp³-hybridized carbons (Fsp3) is 1.00. The van der Waals surface area contributed by atoms with Crippen LogP contribution in [-0.2, 0) is 0 Å². The largest absolute Gasteiger partial charge is 0.459 e. The molecule has 0 bridgehead atoms. The van der Waals surface area contributed by atoms with E-state index in [4.69, 9.17) is 0 Å². The maximum atomic E-state index is 11.6. The van der Waals surface area contributed by atoms with Gasteiger partial charge >= 0.3 is 18.0 Å². The van der Waals surface area contributed by atoms with E-state index in [2.05, 4.69) is 0 Å². The molecule has 0 aromatic rings. The molecule has 0 nitrogen and oxygen atoms in total. The molecule has 0 aliphatic rings. The molecule has 0 atom stereocenters. The van der Waals surface area contributed by atoms with Gasteiger partial charge in [0.15, 0.2) is 0 Å². The molecule has 0 aliphatic heterocycles. The third kappa shape index (κ3) is 1.75. The van der Waals surface area contributed by atoms with Crippen molar-refractivity contribution < 1.29 is 30.7 Å². The van der Waals surface area contributed by atoms with E-state index in [-0.39, 0.29) is 0 Å². The van der Waals surface area contributed by atoms with Crippen LogP contribution in [0.1, 0.15) is 6.92 Å². The van der Waals surface area contributed by atoms with Gasteiger partial charge in [-0.2, -0.15) is 30.7 Å². The van der Waals surface area contributed by atoms with Crippen LogP contribution in [0.15, 0.2) is 0 Å². The normalized spacial score (nSPS) is 15.3. The maximum absolute atomic E-state index is 11.6. The maximum Gasteiger partial charge on any atom is 0.459 e. The summed E-state index contributed by atoms with van der Waals surface area (Å²) in [7, 11) is 0. The number of halogens is 7. The lowest BCUT2D eigenvalue weighted by atomic mass is 10.2. The van der Waals surface area contributed by atoms with Gasteiger partial charge in [-0.15, -0.1) is 0 Å². The Balaban J connectivity index is 4.75. The highest BCUT2D eigenvalue weighted by molar-refractivity contribution is 4.87. The summed E-state index contributed by atoms with van der Waals surface area (Å²) in [5.41, 5.74) is 0.